The van der Waals surface area contributed by atoms with Crippen molar-refractivity contribution in [3.63, 3.8) is 0 Å². The van der Waals surface area contributed by atoms with E-state index in [2.05, 4.69) is 83.8 Å². The third kappa shape index (κ3) is 2.07. The predicted molar refractivity (Wildman–Crippen MR) is 106 cm³/mol. The standard InChI is InChI=1S/C19H17Br2N3O/c20-11-7-12-14-9-17(25)22-6-5-19(14)13-3-1-2-4-16(13)23-10-24(19)18(12)15(21)8-11/h1-4,7-8,14,23H,5-6,9-10H2,(H,22,25)/t14-,19+/m1/s1. The third-order valence-electron chi connectivity index (χ3n) is 5.80. The van der Waals surface area contributed by atoms with Crippen molar-refractivity contribution >= 4 is 49.1 Å². The summed E-state index contributed by atoms with van der Waals surface area (Å²) in [7, 11) is 0. The van der Waals surface area contributed by atoms with Crippen molar-refractivity contribution in [1.82, 2.24) is 5.32 Å². The fraction of sp³-hybridized carbons (Fsp3) is 0.316. The second-order valence-electron chi connectivity index (χ2n) is 6.91. The van der Waals surface area contributed by atoms with E-state index in [9.17, 15) is 4.79 Å². The lowest BCUT2D eigenvalue weighted by molar-refractivity contribution is -0.121. The van der Waals surface area contributed by atoms with Gasteiger partial charge in [0.15, 0.2) is 0 Å². The number of carbonyl (C=O) groups excluding carboxylic acids is 1. The molecule has 0 unspecified atom stereocenters. The highest BCUT2D eigenvalue weighted by molar-refractivity contribution is 9.11. The number of hydrogen-bond donors (Lipinski definition) is 2. The van der Waals surface area contributed by atoms with Crippen LogP contribution in [-0.4, -0.2) is 19.1 Å². The Morgan fingerprint density at radius 3 is 2.88 bits per heavy atom. The van der Waals surface area contributed by atoms with Crippen molar-refractivity contribution in [2.45, 2.75) is 24.3 Å². The van der Waals surface area contributed by atoms with Gasteiger partial charge in [-0.1, -0.05) is 34.1 Å². The Bertz CT molecular complexity index is 900. The van der Waals surface area contributed by atoms with Crippen LogP contribution in [0.4, 0.5) is 11.4 Å². The van der Waals surface area contributed by atoms with Crippen LogP contribution in [0, 0.1) is 0 Å². The van der Waals surface area contributed by atoms with Crippen molar-refractivity contribution in [2.24, 2.45) is 0 Å². The molecule has 128 valence electrons. The molecule has 0 aromatic heterocycles. The average molecular weight is 463 g/mol. The maximum absolute atomic E-state index is 12.4. The van der Waals surface area contributed by atoms with E-state index >= 15 is 0 Å². The van der Waals surface area contributed by atoms with Gasteiger partial charge in [0.2, 0.25) is 5.91 Å². The van der Waals surface area contributed by atoms with Gasteiger partial charge in [-0.05, 0) is 46.1 Å². The fourth-order valence-corrected chi connectivity index (χ4v) is 6.36. The molecule has 0 bridgehead atoms. The Hall–Kier alpha value is -1.53. The highest BCUT2D eigenvalue weighted by Gasteiger charge is 2.56. The fourth-order valence-electron chi connectivity index (χ4n) is 4.89. The second kappa shape index (κ2) is 5.48. The van der Waals surface area contributed by atoms with Gasteiger partial charge >= 0.3 is 0 Å². The molecule has 3 aliphatic rings. The first-order valence-corrected chi connectivity index (χ1v) is 10.1. The van der Waals surface area contributed by atoms with Crippen molar-refractivity contribution in [2.75, 3.05) is 23.4 Å². The smallest absolute Gasteiger partial charge is 0.220 e. The van der Waals surface area contributed by atoms with Gasteiger partial charge in [0.25, 0.3) is 0 Å². The van der Waals surface area contributed by atoms with Crippen LogP contribution < -0.4 is 15.5 Å². The number of hydrogen-bond acceptors (Lipinski definition) is 3. The summed E-state index contributed by atoms with van der Waals surface area (Å²) in [4.78, 5) is 14.9. The monoisotopic (exact) mass is 461 g/mol. The van der Waals surface area contributed by atoms with E-state index in [0.29, 0.717) is 13.0 Å². The van der Waals surface area contributed by atoms with E-state index in [1.165, 1.54) is 22.5 Å². The van der Waals surface area contributed by atoms with Crippen molar-refractivity contribution in [3.8, 4) is 0 Å². The van der Waals surface area contributed by atoms with Gasteiger partial charge in [-0.15, -0.1) is 0 Å². The lowest BCUT2D eigenvalue weighted by Crippen LogP contribution is -2.52. The van der Waals surface area contributed by atoms with E-state index < -0.39 is 0 Å². The van der Waals surface area contributed by atoms with E-state index in [-0.39, 0.29) is 17.4 Å². The van der Waals surface area contributed by atoms with Crippen LogP contribution in [0.3, 0.4) is 0 Å². The summed E-state index contributed by atoms with van der Waals surface area (Å²) < 4.78 is 2.12. The number of anilines is 2. The number of nitrogens with one attached hydrogen (secondary N) is 2. The van der Waals surface area contributed by atoms with Crippen LogP contribution in [-0.2, 0) is 10.3 Å². The van der Waals surface area contributed by atoms with E-state index in [0.717, 1.165) is 22.0 Å². The first-order chi connectivity index (χ1) is 12.1. The molecule has 25 heavy (non-hydrogen) atoms. The molecule has 3 heterocycles. The first-order valence-electron chi connectivity index (χ1n) is 8.48. The Labute approximate surface area is 163 Å². The Kier molecular flexibility index (Phi) is 3.44. The number of rotatable bonds is 0. The summed E-state index contributed by atoms with van der Waals surface area (Å²) >= 11 is 7.40. The number of amides is 1. The highest BCUT2D eigenvalue weighted by Crippen LogP contribution is 2.61. The molecule has 3 aliphatic heterocycles. The Morgan fingerprint density at radius 2 is 2.00 bits per heavy atom. The zero-order chi connectivity index (χ0) is 17.2. The van der Waals surface area contributed by atoms with Crippen LogP contribution >= 0.6 is 31.9 Å². The molecule has 6 heteroatoms. The van der Waals surface area contributed by atoms with Gasteiger partial charge in [0.05, 0.1) is 17.9 Å². The zero-order valence-corrected chi connectivity index (χ0v) is 16.7. The molecule has 1 fully saturated rings. The van der Waals surface area contributed by atoms with Gasteiger partial charge < -0.3 is 15.5 Å². The summed E-state index contributed by atoms with van der Waals surface area (Å²) in [5.41, 5.74) is 4.75. The van der Waals surface area contributed by atoms with Crippen molar-refractivity contribution in [3.05, 3.63) is 56.5 Å². The minimum atomic E-state index is -0.188. The quantitative estimate of drug-likeness (QED) is 0.613. The van der Waals surface area contributed by atoms with Crippen LogP contribution in [0.15, 0.2) is 45.3 Å². The molecule has 0 saturated carbocycles. The molecule has 2 N–H and O–H groups in total. The average Bonchev–Trinajstić information content (AvgIpc) is 2.74. The van der Waals surface area contributed by atoms with Gasteiger partial charge in [-0.3, -0.25) is 4.79 Å². The third-order valence-corrected chi connectivity index (χ3v) is 6.86. The van der Waals surface area contributed by atoms with Crippen LogP contribution in [0.5, 0.6) is 0 Å². The Morgan fingerprint density at radius 1 is 1.16 bits per heavy atom. The number of fused-ring (bicyclic) bond motifs is 4. The molecule has 0 radical (unpaired) electrons. The Balaban J connectivity index is 1.83. The molecule has 0 aliphatic carbocycles. The normalized spacial score (nSPS) is 26.6. The lowest BCUT2D eigenvalue weighted by atomic mass is 9.72. The minimum Gasteiger partial charge on any atom is -0.367 e. The van der Waals surface area contributed by atoms with E-state index in [1.807, 2.05) is 0 Å². The number of benzene rings is 2. The van der Waals surface area contributed by atoms with Crippen molar-refractivity contribution < 1.29 is 4.79 Å². The maximum Gasteiger partial charge on any atom is 0.220 e. The van der Waals surface area contributed by atoms with Crippen LogP contribution in [0.1, 0.15) is 29.9 Å². The lowest BCUT2D eigenvalue weighted by Gasteiger charge is -2.48. The molecule has 4 nitrogen and oxygen atoms in total. The maximum atomic E-state index is 12.4. The summed E-state index contributed by atoms with van der Waals surface area (Å²) in [5.74, 6) is 0.281. The second-order valence-corrected chi connectivity index (χ2v) is 8.68. The van der Waals surface area contributed by atoms with Crippen molar-refractivity contribution in [1.29, 1.82) is 0 Å². The summed E-state index contributed by atoms with van der Waals surface area (Å²) in [6.45, 7) is 1.45. The SMILES string of the molecule is O=C1C[C@@H]2c3cc(Br)cc(Br)c3N3CNc4ccccc4[C@@]23CCN1. The highest BCUT2D eigenvalue weighted by atomic mass is 79.9. The van der Waals surface area contributed by atoms with Gasteiger partial charge in [-0.25, -0.2) is 0 Å². The minimum absolute atomic E-state index is 0.141. The van der Waals surface area contributed by atoms with E-state index in [1.54, 1.807) is 0 Å². The van der Waals surface area contributed by atoms with Crippen LogP contribution in [0.25, 0.3) is 0 Å². The molecule has 2 aromatic rings. The van der Waals surface area contributed by atoms with Crippen LogP contribution in [0.2, 0.25) is 0 Å². The van der Waals surface area contributed by atoms with Gasteiger partial charge in [-0.2, -0.15) is 0 Å². The van der Waals surface area contributed by atoms with E-state index in [4.69, 9.17) is 0 Å². The first kappa shape index (κ1) is 15.7. The number of halogens is 2. The molecule has 2 atom stereocenters. The topological polar surface area (TPSA) is 44.4 Å². The summed E-state index contributed by atoms with van der Waals surface area (Å²) in [6, 6.07) is 12.8. The number of para-hydroxylation sites is 1. The number of nitrogens with zero attached hydrogens (tertiary/aromatic N) is 1. The molecular formula is C19H17Br2N3O. The van der Waals surface area contributed by atoms with Gasteiger partial charge in [0.1, 0.15) is 0 Å². The molecule has 1 spiro atoms. The molecule has 1 amide bonds. The molecule has 2 aromatic carbocycles. The number of carbonyl (C=O) groups is 1. The molecular weight excluding hydrogens is 446 g/mol. The molecule has 1 saturated heterocycles. The summed E-state index contributed by atoms with van der Waals surface area (Å²) in [6.07, 6.45) is 1.42. The zero-order valence-electron chi connectivity index (χ0n) is 13.5. The molecule has 5 rings (SSSR count). The van der Waals surface area contributed by atoms with Gasteiger partial charge in [0, 0.05) is 39.1 Å². The largest absolute Gasteiger partial charge is 0.367 e. The predicted octanol–water partition coefficient (Wildman–Crippen LogP) is 4.30. The summed E-state index contributed by atoms with van der Waals surface area (Å²) in [5, 5.41) is 6.65.